The average Bonchev–Trinajstić information content (AvgIpc) is 2.25. The van der Waals surface area contributed by atoms with E-state index >= 15 is 0 Å². The van der Waals surface area contributed by atoms with E-state index in [2.05, 4.69) is 0 Å². The second-order valence-electron chi connectivity index (χ2n) is 3.41. The van der Waals surface area contributed by atoms with Crippen molar-refractivity contribution in [3.05, 3.63) is 11.8 Å². The van der Waals surface area contributed by atoms with Crippen molar-refractivity contribution in [2.75, 3.05) is 0 Å². The fourth-order valence-electron chi connectivity index (χ4n) is 1.59. The number of rotatable bonds is 2. The summed E-state index contributed by atoms with van der Waals surface area (Å²) < 4.78 is 0. The number of carbonyl (C=O) groups excluding carboxylic acids is 1. The highest BCUT2D eigenvalue weighted by atomic mass is 32.2. The smallest absolute Gasteiger partial charge is 0.334 e. The topological polar surface area (TPSA) is 121 Å². The first kappa shape index (κ1) is 11.0. The van der Waals surface area contributed by atoms with Gasteiger partial charge in [-0.1, -0.05) is 0 Å². The van der Waals surface area contributed by atoms with Gasteiger partial charge in [-0.05, 0) is 0 Å². The normalized spacial score (nSPS) is 32.6. The minimum absolute atomic E-state index is 0.311. The van der Waals surface area contributed by atoms with Crippen LogP contribution in [0.4, 0.5) is 0 Å². The number of carbonyl (C=O) groups is 3. The predicted molar refractivity (Wildman–Crippen MR) is 53.3 cm³/mol. The van der Waals surface area contributed by atoms with Crippen molar-refractivity contribution < 1.29 is 24.6 Å². The van der Waals surface area contributed by atoms with Crippen molar-refractivity contribution in [1.82, 2.24) is 4.90 Å². The van der Waals surface area contributed by atoms with E-state index in [1.165, 1.54) is 0 Å². The Morgan fingerprint density at radius 1 is 1.44 bits per heavy atom. The van der Waals surface area contributed by atoms with Crippen LogP contribution in [-0.2, 0) is 14.4 Å². The van der Waals surface area contributed by atoms with Gasteiger partial charge in [0.2, 0.25) is 5.91 Å². The molecule has 1 fully saturated rings. The van der Waals surface area contributed by atoms with Gasteiger partial charge >= 0.3 is 11.9 Å². The van der Waals surface area contributed by atoms with E-state index in [9.17, 15) is 14.4 Å². The van der Waals surface area contributed by atoms with E-state index in [1.54, 1.807) is 0 Å². The maximum Gasteiger partial charge on any atom is 0.334 e. The molecule has 2 rings (SSSR count). The lowest BCUT2D eigenvalue weighted by Crippen LogP contribution is -2.67. The van der Waals surface area contributed by atoms with Gasteiger partial charge in [-0.15, -0.1) is 11.8 Å². The van der Waals surface area contributed by atoms with Gasteiger partial charge < -0.3 is 20.8 Å². The van der Waals surface area contributed by atoms with Crippen LogP contribution in [0.15, 0.2) is 11.8 Å². The first-order valence-electron chi connectivity index (χ1n) is 4.34. The summed E-state index contributed by atoms with van der Waals surface area (Å²) in [6, 6.07) is -0.751. The van der Waals surface area contributed by atoms with Crippen molar-refractivity contribution in [3.63, 3.8) is 0 Å². The third-order valence-electron chi connectivity index (χ3n) is 2.43. The molecule has 0 bridgehead atoms. The predicted octanol–water partition coefficient (Wildman–Crippen LogP) is -1.35. The van der Waals surface area contributed by atoms with E-state index in [0.717, 1.165) is 22.9 Å². The lowest BCUT2D eigenvalue weighted by molar-refractivity contribution is -0.142. The highest BCUT2D eigenvalue weighted by molar-refractivity contribution is 8.01. The summed E-state index contributed by atoms with van der Waals surface area (Å²) in [5.41, 5.74) is 5.17. The molecule has 0 spiro atoms. The third kappa shape index (κ3) is 1.38. The molecule has 16 heavy (non-hydrogen) atoms. The summed E-state index contributed by atoms with van der Waals surface area (Å²) in [6.07, 6.45) is 1.06. The largest absolute Gasteiger partial charge is 0.480 e. The number of β-lactam (4-membered cyclic amide) rings is 1. The molecule has 8 heteroatoms. The Kier molecular flexibility index (Phi) is 2.39. The van der Waals surface area contributed by atoms with Gasteiger partial charge in [0.05, 0.1) is 5.57 Å². The van der Waals surface area contributed by atoms with Gasteiger partial charge in [0.15, 0.2) is 0 Å². The monoisotopic (exact) mass is 244 g/mol. The van der Waals surface area contributed by atoms with Crippen LogP contribution in [0.1, 0.15) is 0 Å². The van der Waals surface area contributed by atoms with Gasteiger partial charge in [0.25, 0.3) is 0 Å². The summed E-state index contributed by atoms with van der Waals surface area (Å²) >= 11 is 0.869. The van der Waals surface area contributed by atoms with Gasteiger partial charge in [0.1, 0.15) is 16.7 Å². The summed E-state index contributed by atoms with van der Waals surface area (Å²) in [7, 11) is 0. The molecule has 0 saturated carbocycles. The Morgan fingerprint density at radius 2 is 2.06 bits per heavy atom. The van der Waals surface area contributed by atoms with Crippen LogP contribution in [0, 0.1) is 0 Å². The zero-order chi connectivity index (χ0) is 12.0. The Bertz CT molecular complexity index is 421. The van der Waals surface area contributed by atoms with E-state index < -0.39 is 28.6 Å². The second-order valence-corrected chi connectivity index (χ2v) is 4.63. The van der Waals surface area contributed by atoms with Gasteiger partial charge in [-0.25, -0.2) is 4.79 Å². The van der Waals surface area contributed by atoms with Crippen LogP contribution < -0.4 is 5.73 Å². The SMILES string of the molecule is NC1C(=O)N2C=C(C(=O)O)C(C(=O)O)S[C@H]12. The molecular weight excluding hydrogens is 236 g/mol. The van der Waals surface area contributed by atoms with Gasteiger partial charge in [-0.2, -0.15) is 0 Å². The number of carboxylic acid groups (broad SMARTS) is 2. The maximum atomic E-state index is 11.2. The summed E-state index contributed by atoms with van der Waals surface area (Å²) in [4.78, 5) is 34.1. The Hall–Kier alpha value is -1.54. The molecule has 3 atom stereocenters. The molecule has 2 aliphatic heterocycles. The van der Waals surface area contributed by atoms with Crippen molar-refractivity contribution >= 4 is 29.6 Å². The number of amides is 1. The molecule has 0 aromatic heterocycles. The molecule has 7 nitrogen and oxygen atoms in total. The zero-order valence-electron chi connectivity index (χ0n) is 7.86. The first-order valence-corrected chi connectivity index (χ1v) is 5.29. The Morgan fingerprint density at radius 3 is 2.56 bits per heavy atom. The quantitative estimate of drug-likeness (QED) is 0.513. The van der Waals surface area contributed by atoms with E-state index in [1.807, 2.05) is 0 Å². The second kappa shape index (κ2) is 3.49. The summed E-state index contributed by atoms with van der Waals surface area (Å²) in [5, 5.41) is 16.0. The van der Waals surface area contributed by atoms with Gasteiger partial charge in [-0.3, -0.25) is 9.59 Å². The molecule has 0 aromatic carbocycles. The van der Waals surface area contributed by atoms with Crippen LogP contribution in [0.25, 0.3) is 0 Å². The number of fused-ring (bicyclic) bond motifs is 1. The number of thioether (sulfide) groups is 1. The first-order chi connectivity index (χ1) is 7.43. The van der Waals surface area contributed by atoms with E-state index in [4.69, 9.17) is 15.9 Å². The average molecular weight is 244 g/mol. The molecule has 2 heterocycles. The molecule has 4 N–H and O–H groups in total. The minimum atomic E-state index is -1.34. The van der Waals surface area contributed by atoms with E-state index in [-0.39, 0.29) is 11.5 Å². The number of hydrogen-bond donors (Lipinski definition) is 3. The summed E-state index contributed by atoms with van der Waals surface area (Å²) in [6.45, 7) is 0. The van der Waals surface area contributed by atoms with Crippen LogP contribution in [0.3, 0.4) is 0 Å². The molecule has 2 aliphatic rings. The number of nitrogens with zero attached hydrogens (tertiary/aromatic N) is 1. The van der Waals surface area contributed by atoms with Crippen LogP contribution in [0.5, 0.6) is 0 Å². The Balaban J connectivity index is 2.34. The molecule has 0 radical (unpaired) electrons. The Labute approximate surface area is 93.9 Å². The molecule has 2 unspecified atom stereocenters. The number of hydrogen-bond acceptors (Lipinski definition) is 5. The zero-order valence-corrected chi connectivity index (χ0v) is 8.68. The number of carboxylic acids is 2. The third-order valence-corrected chi connectivity index (χ3v) is 3.96. The van der Waals surface area contributed by atoms with Crippen molar-refractivity contribution in [3.8, 4) is 0 Å². The van der Waals surface area contributed by atoms with Crippen molar-refractivity contribution in [1.29, 1.82) is 0 Å². The highest BCUT2D eigenvalue weighted by Crippen LogP contribution is 2.39. The maximum absolute atomic E-state index is 11.2. The van der Waals surface area contributed by atoms with Crippen molar-refractivity contribution in [2.45, 2.75) is 16.7 Å². The fraction of sp³-hybridized carbons (Fsp3) is 0.375. The molecular formula is C8H8N2O5S. The molecule has 0 aliphatic carbocycles. The fourth-order valence-corrected chi connectivity index (χ4v) is 2.87. The van der Waals surface area contributed by atoms with E-state index in [0.29, 0.717) is 0 Å². The van der Waals surface area contributed by atoms with Crippen molar-refractivity contribution in [2.24, 2.45) is 5.73 Å². The standard InChI is InChI=1S/C8H8N2O5S/c9-3-5(11)10-1-2(7(12)13)4(8(14)15)16-6(3)10/h1,3-4,6H,9H2,(H,12,13)(H,14,15)/t3?,4?,6-/m1/s1. The van der Waals surface area contributed by atoms with Crippen LogP contribution >= 0.6 is 11.8 Å². The lowest BCUT2D eigenvalue weighted by Gasteiger charge is -2.46. The number of aliphatic carboxylic acids is 2. The molecule has 1 saturated heterocycles. The minimum Gasteiger partial charge on any atom is -0.480 e. The van der Waals surface area contributed by atoms with Crippen LogP contribution in [0.2, 0.25) is 0 Å². The van der Waals surface area contributed by atoms with Crippen LogP contribution in [-0.4, -0.2) is 49.6 Å². The molecule has 86 valence electrons. The lowest BCUT2D eigenvalue weighted by atomic mass is 10.1. The molecule has 1 amide bonds. The van der Waals surface area contributed by atoms with Gasteiger partial charge in [0, 0.05) is 6.20 Å². The summed E-state index contributed by atoms with van der Waals surface area (Å²) in [5.74, 6) is -2.98. The highest BCUT2D eigenvalue weighted by Gasteiger charge is 2.51. The molecule has 0 aromatic rings. The number of nitrogens with two attached hydrogens (primary N) is 1.